The Hall–Kier alpha value is -1.71. The zero-order chi connectivity index (χ0) is 14.9. The molecule has 2 unspecified atom stereocenters. The maximum Gasteiger partial charge on any atom is 2.00 e. The molecular weight excluding hydrogens is 307 g/mol. The van der Waals surface area contributed by atoms with Gasteiger partial charge in [0.25, 0.3) is 0 Å². The Kier molecular flexibility index (Phi) is 13.5. The van der Waals surface area contributed by atoms with Crippen LogP contribution in [0.2, 0.25) is 0 Å². The molecule has 0 radical (unpaired) electrons. The summed E-state index contributed by atoms with van der Waals surface area (Å²) < 4.78 is 0. The third-order valence-electron chi connectivity index (χ3n) is 1.38. The molecule has 0 aromatic heterocycles. The van der Waals surface area contributed by atoms with Crippen LogP contribution in [0.4, 0.5) is 0 Å². The van der Waals surface area contributed by atoms with Gasteiger partial charge < -0.3 is 42.7 Å². The van der Waals surface area contributed by atoms with Crippen LogP contribution >= 0.6 is 0 Å². The third-order valence-corrected chi connectivity index (χ3v) is 1.38. The molecular formula is C8H12N4NiO6-2. The normalized spacial score (nSPS) is 11.9. The number of rotatable bonds is 6. The Morgan fingerprint density at radius 1 is 0.842 bits per heavy atom. The molecule has 0 fully saturated rings. The van der Waals surface area contributed by atoms with E-state index in [0.29, 0.717) is 0 Å². The third kappa shape index (κ3) is 16.3. The monoisotopic (exact) mass is 318 g/mol. The molecule has 19 heavy (non-hydrogen) atoms. The number of carbonyl (C=O) groups is 4. The van der Waals surface area contributed by atoms with Crippen molar-refractivity contribution in [1.29, 1.82) is 0 Å². The van der Waals surface area contributed by atoms with Crippen molar-refractivity contribution >= 4 is 23.8 Å². The van der Waals surface area contributed by atoms with Gasteiger partial charge in [0.2, 0.25) is 11.8 Å². The predicted octanol–water partition coefficient (Wildman–Crippen LogP) is -3.94. The first kappa shape index (κ1) is 22.5. The second kappa shape index (κ2) is 11.4. The van der Waals surface area contributed by atoms with E-state index in [9.17, 15) is 29.4 Å². The van der Waals surface area contributed by atoms with E-state index < -0.39 is 48.7 Å². The number of nitrogens with two attached hydrogens (primary N) is 2. The number of hydrogen-bond donors (Lipinski definition) is 2. The van der Waals surface area contributed by atoms with Crippen LogP contribution < -0.4 is 21.7 Å². The van der Waals surface area contributed by atoms with Crippen molar-refractivity contribution in [3.63, 3.8) is 0 Å². The SMILES string of the molecule is [NH-]C(CC(N)=O)C(=O)[O-].[NH-]C(CC(N)=O)C(=O)[O-].[Ni+2]. The van der Waals surface area contributed by atoms with Gasteiger partial charge in [-0.05, 0) is 0 Å². The minimum atomic E-state index is -1.58. The van der Waals surface area contributed by atoms with E-state index in [4.69, 9.17) is 11.5 Å². The average molecular weight is 319 g/mol. The Morgan fingerprint density at radius 2 is 1.05 bits per heavy atom. The molecule has 11 heteroatoms. The van der Waals surface area contributed by atoms with Crippen LogP contribution in [0.1, 0.15) is 12.8 Å². The smallest absolute Gasteiger partial charge is 0.669 e. The fourth-order valence-corrected chi connectivity index (χ4v) is 0.569. The number of carbonyl (C=O) groups excluding carboxylic acids is 4. The van der Waals surface area contributed by atoms with Gasteiger partial charge in [0.05, 0.1) is 0 Å². The summed E-state index contributed by atoms with van der Waals surface area (Å²) in [5.74, 6) is -4.76. The van der Waals surface area contributed by atoms with E-state index in [1.165, 1.54) is 0 Å². The van der Waals surface area contributed by atoms with Gasteiger partial charge in [0.15, 0.2) is 0 Å². The van der Waals surface area contributed by atoms with Crippen LogP contribution in [0.25, 0.3) is 11.5 Å². The number of aliphatic carboxylic acids is 2. The summed E-state index contributed by atoms with van der Waals surface area (Å²) in [4.78, 5) is 39.3. The number of carboxylic acids is 2. The molecule has 6 N–H and O–H groups in total. The van der Waals surface area contributed by atoms with Gasteiger partial charge in [-0.2, -0.15) is 0 Å². The van der Waals surface area contributed by atoms with Gasteiger partial charge in [0, 0.05) is 24.8 Å². The number of amides is 2. The number of primary amides is 2. The van der Waals surface area contributed by atoms with Crippen molar-refractivity contribution in [3.05, 3.63) is 11.5 Å². The summed E-state index contributed by atoms with van der Waals surface area (Å²) in [5, 5.41) is 19.5. The molecule has 0 bridgehead atoms. The summed E-state index contributed by atoms with van der Waals surface area (Å²) in [7, 11) is 0. The van der Waals surface area contributed by atoms with Gasteiger partial charge in [0.1, 0.15) is 0 Å². The van der Waals surface area contributed by atoms with E-state index >= 15 is 0 Å². The molecule has 2 amide bonds. The Labute approximate surface area is 118 Å². The zero-order valence-corrected chi connectivity index (χ0v) is 10.5. The minimum absolute atomic E-state index is 0. The van der Waals surface area contributed by atoms with Crippen molar-refractivity contribution in [2.24, 2.45) is 11.5 Å². The molecule has 0 aliphatic heterocycles. The molecule has 10 nitrogen and oxygen atoms in total. The average Bonchev–Trinajstić information content (AvgIpc) is 2.16. The largest absolute Gasteiger partial charge is 2.00 e. The minimum Gasteiger partial charge on any atom is -0.669 e. The van der Waals surface area contributed by atoms with Crippen molar-refractivity contribution < 1.29 is 45.9 Å². The summed E-state index contributed by atoms with van der Waals surface area (Å²) in [6.45, 7) is 0. The molecule has 0 heterocycles. The standard InChI is InChI=1S/2C4H7N2O3.Ni/c2*5-2(4(8)9)1-3(6)7;/h2*2,5H,1H2,(H2,6,7)(H,8,9);/q2*-1;+2/p-2. The van der Waals surface area contributed by atoms with Gasteiger partial charge in [-0.25, -0.2) is 0 Å². The van der Waals surface area contributed by atoms with Crippen molar-refractivity contribution in [2.45, 2.75) is 24.9 Å². The maximum atomic E-state index is 9.93. The van der Waals surface area contributed by atoms with Crippen LogP contribution in [-0.4, -0.2) is 35.8 Å². The van der Waals surface area contributed by atoms with E-state index in [-0.39, 0.29) is 16.5 Å². The van der Waals surface area contributed by atoms with Crippen molar-refractivity contribution in [2.75, 3.05) is 0 Å². The van der Waals surface area contributed by atoms with Crippen LogP contribution in [0, 0.1) is 0 Å². The quantitative estimate of drug-likeness (QED) is 0.465. The fraction of sp³-hybridized carbons (Fsp3) is 0.500. The summed E-state index contributed by atoms with van der Waals surface area (Å²) >= 11 is 0. The topological polar surface area (TPSA) is 214 Å². The number of carboxylic acid groups (broad SMARTS) is 2. The maximum absolute atomic E-state index is 9.93. The fourth-order valence-electron chi connectivity index (χ4n) is 0.569. The Morgan fingerprint density at radius 3 is 1.11 bits per heavy atom. The molecule has 0 aromatic carbocycles. The van der Waals surface area contributed by atoms with Crippen LogP contribution in [0.15, 0.2) is 0 Å². The first-order chi connectivity index (χ1) is 8.07. The zero-order valence-electron chi connectivity index (χ0n) is 9.49. The number of nitrogens with one attached hydrogen (secondary N) is 2. The predicted molar refractivity (Wildman–Crippen MR) is 53.9 cm³/mol. The van der Waals surface area contributed by atoms with Crippen LogP contribution in [-0.2, 0) is 35.7 Å². The molecule has 0 spiro atoms. The number of hydrogen-bond acceptors (Lipinski definition) is 6. The molecule has 0 aliphatic carbocycles. The summed E-state index contributed by atoms with van der Waals surface area (Å²) in [5.41, 5.74) is 22.4. The van der Waals surface area contributed by atoms with Crippen molar-refractivity contribution in [3.8, 4) is 0 Å². The molecule has 2 atom stereocenters. The second-order valence-corrected chi connectivity index (χ2v) is 3.08. The molecule has 0 saturated heterocycles. The van der Waals surface area contributed by atoms with Crippen LogP contribution in [0.5, 0.6) is 0 Å². The van der Waals surface area contributed by atoms with Crippen molar-refractivity contribution in [1.82, 2.24) is 0 Å². The summed E-state index contributed by atoms with van der Waals surface area (Å²) in [6, 6.07) is -3.05. The van der Waals surface area contributed by atoms with E-state index in [2.05, 4.69) is 11.5 Å². The summed E-state index contributed by atoms with van der Waals surface area (Å²) in [6.07, 6.45) is -0.968. The van der Waals surface area contributed by atoms with Gasteiger partial charge in [-0.15, -0.1) is 0 Å². The second-order valence-electron chi connectivity index (χ2n) is 3.08. The van der Waals surface area contributed by atoms with Crippen LogP contribution in [0.3, 0.4) is 0 Å². The first-order valence-corrected chi connectivity index (χ1v) is 4.48. The molecule has 0 aliphatic rings. The molecule has 0 rings (SSSR count). The van der Waals surface area contributed by atoms with Gasteiger partial charge in [-0.1, -0.05) is 12.1 Å². The molecule has 0 saturated carbocycles. The van der Waals surface area contributed by atoms with E-state index in [1.54, 1.807) is 0 Å². The Balaban J connectivity index is -0.000000256. The van der Waals surface area contributed by atoms with Gasteiger partial charge >= 0.3 is 16.5 Å². The van der Waals surface area contributed by atoms with E-state index in [1.807, 2.05) is 0 Å². The first-order valence-electron chi connectivity index (χ1n) is 4.48. The molecule has 112 valence electrons. The Bertz CT molecular complexity index is 305. The van der Waals surface area contributed by atoms with E-state index in [0.717, 1.165) is 0 Å². The molecule has 0 aromatic rings. The van der Waals surface area contributed by atoms with Gasteiger partial charge in [-0.3, -0.25) is 9.59 Å².